The van der Waals surface area contributed by atoms with Gasteiger partial charge in [0.15, 0.2) is 0 Å². The van der Waals surface area contributed by atoms with Crippen LogP contribution in [0.25, 0.3) is 22.1 Å². The molecular formula is C25H21FeN3O2. The fourth-order valence-electron chi connectivity index (χ4n) is 3.21. The Morgan fingerprint density at radius 3 is 2.42 bits per heavy atom. The van der Waals surface area contributed by atoms with Crippen LogP contribution in [0.15, 0.2) is 91.0 Å². The molecule has 1 aliphatic rings. The van der Waals surface area contributed by atoms with Crippen molar-refractivity contribution in [3.8, 4) is 5.75 Å². The first kappa shape index (κ1) is 22.2. The number of benzene rings is 2. The fourth-order valence-corrected chi connectivity index (χ4v) is 3.21. The van der Waals surface area contributed by atoms with Gasteiger partial charge in [0.2, 0.25) is 0 Å². The minimum absolute atomic E-state index is 0. The van der Waals surface area contributed by atoms with Gasteiger partial charge in [-0.05, 0) is 41.5 Å². The monoisotopic (exact) mass is 451 g/mol. The number of rotatable bonds is 3. The predicted molar refractivity (Wildman–Crippen MR) is 117 cm³/mol. The Morgan fingerprint density at radius 2 is 1.74 bits per heavy atom. The van der Waals surface area contributed by atoms with Gasteiger partial charge in [-0.15, -0.1) is 5.10 Å². The summed E-state index contributed by atoms with van der Waals surface area (Å²) in [5.41, 5.74) is 1.47. The van der Waals surface area contributed by atoms with E-state index in [2.05, 4.69) is 15.4 Å². The van der Waals surface area contributed by atoms with Crippen molar-refractivity contribution < 1.29 is 26.9 Å². The molecule has 156 valence electrons. The minimum atomic E-state index is -0.128. The third kappa shape index (κ3) is 5.18. The summed E-state index contributed by atoms with van der Waals surface area (Å²) in [7, 11) is 0. The quantitative estimate of drug-likeness (QED) is 0.384. The van der Waals surface area contributed by atoms with E-state index in [9.17, 15) is 5.11 Å². The van der Waals surface area contributed by atoms with Gasteiger partial charge in [0.05, 0.1) is 12.0 Å². The minimum Gasteiger partial charge on any atom is -0.871 e. The van der Waals surface area contributed by atoms with Gasteiger partial charge in [-0.2, -0.15) is 18.2 Å². The van der Waals surface area contributed by atoms with Crippen LogP contribution in [0.1, 0.15) is 12.5 Å². The number of nitrogens with one attached hydrogen (secondary N) is 1. The topological polar surface area (TPSA) is 73.9 Å². The summed E-state index contributed by atoms with van der Waals surface area (Å²) in [6.07, 6.45) is 7.63. The largest absolute Gasteiger partial charge is 2.00 e. The number of fused-ring (bicyclic) bond motifs is 1. The molecule has 0 amide bonds. The Kier molecular flexibility index (Phi) is 7.54. The van der Waals surface area contributed by atoms with Crippen molar-refractivity contribution in [1.82, 2.24) is 15.4 Å². The van der Waals surface area contributed by atoms with Crippen LogP contribution in [0.3, 0.4) is 0 Å². The molecule has 31 heavy (non-hydrogen) atoms. The molecule has 4 aromatic rings. The number of hydrogen-bond acceptors (Lipinski definition) is 4. The van der Waals surface area contributed by atoms with Gasteiger partial charge in [0.25, 0.3) is 0 Å². The van der Waals surface area contributed by atoms with Gasteiger partial charge >= 0.3 is 17.1 Å². The zero-order valence-electron chi connectivity index (χ0n) is 16.9. The molecular weight excluding hydrogens is 430 g/mol. The summed E-state index contributed by atoms with van der Waals surface area (Å²) in [6.45, 7) is 2.58. The maximum Gasteiger partial charge on any atom is 2.00 e. The SMILES string of the molecule is CCOc1ccc2cc(/C([O-])=c3\[nH]nnc3=C3C=CC=C3)ccc2c1.[Fe+2].c1cc[cH-]c1. The van der Waals surface area contributed by atoms with Crippen LogP contribution in [0.4, 0.5) is 0 Å². The Labute approximate surface area is 190 Å². The Bertz CT molecular complexity index is 1290. The Hall–Kier alpha value is -3.47. The van der Waals surface area contributed by atoms with Crippen LogP contribution in [0.5, 0.6) is 5.75 Å². The summed E-state index contributed by atoms with van der Waals surface area (Å²) < 4.78 is 5.52. The molecule has 0 aliphatic heterocycles. The molecule has 0 fully saturated rings. The molecule has 0 atom stereocenters. The van der Waals surface area contributed by atoms with Crippen LogP contribution in [-0.4, -0.2) is 22.0 Å². The molecule has 0 bridgehead atoms. The summed E-state index contributed by atoms with van der Waals surface area (Å²) in [5.74, 6) is 0.697. The van der Waals surface area contributed by atoms with E-state index < -0.39 is 0 Å². The smallest absolute Gasteiger partial charge is 0.871 e. The maximum atomic E-state index is 12.9. The van der Waals surface area contributed by atoms with Crippen molar-refractivity contribution in [1.29, 1.82) is 0 Å². The van der Waals surface area contributed by atoms with Crippen molar-refractivity contribution >= 4 is 22.1 Å². The molecule has 0 spiro atoms. The molecule has 5 rings (SSSR count). The van der Waals surface area contributed by atoms with Gasteiger partial charge in [-0.25, -0.2) is 12.1 Å². The second-order valence-corrected chi connectivity index (χ2v) is 6.66. The number of ether oxygens (including phenoxy) is 1. The Morgan fingerprint density at radius 1 is 1.03 bits per heavy atom. The molecule has 0 radical (unpaired) electrons. The van der Waals surface area contributed by atoms with E-state index in [0.29, 0.717) is 22.9 Å². The van der Waals surface area contributed by atoms with E-state index in [1.54, 1.807) is 0 Å². The molecule has 3 aromatic carbocycles. The number of aromatic nitrogens is 3. The van der Waals surface area contributed by atoms with E-state index >= 15 is 0 Å². The molecule has 1 aliphatic carbocycles. The molecule has 6 heteroatoms. The zero-order chi connectivity index (χ0) is 20.8. The second-order valence-electron chi connectivity index (χ2n) is 6.66. The summed E-state index contributed by atoms with van der Waals surface area (Å²) in [6, 6.07) is 21.5. The maximum absolute atomic E-state index is 12.9. The van der Waals surface area contributed by atoms with E-state index in [4.69, 9.17) is 4.74 Å². The predicted octanol–water partition coefficient (Wildman–Crippen LogP) is 2.55. The molecule has 0 saturated heterocycles. The number of nitrogens with zero attached hydrogens (tertiary/aromatic N) is 2. The fraction of sp³-hybridized carbons (Fsp3) is 0.0800. The first-order valence-electron chi connectivity index (χ1n) is 9.77. The number of hydrogen-bond donors (Lipinski definition) is 1. The van der Waals surface area contributed by atoms with Crippen LogP contribution >= 0.6 is 0 Å². The average molecular weight is 451 g/mol. The van der Waals surface area contributed by atoms with E-state index in [-0.39, 0.29) is 22.8 Å². The third-order valence-corrected chi connectivity index (χ3v) is 4.65. The van der Waals surface area contributed by atoms with Gasteiger partial charge < -0.3 is 9.84 Å². The van der Waals surface area contributed by atoms with Crippen molar-refractivity contribution in [2.45, 2.75) is 6.92 Å². The molecule has 0 unspecified atom stereocenters. The second kappa shape index (κ2) is 10.5. The molecule has 5 nitrogen and oxygen atoms in total. The van der Waals surface area contributed by atoms with Crippen LogP contribution in [0.2, 0.25) is 0 Å². The Balaban J connectivity index is 0.000000401. The number of H-pyrrole nitrogens is 1. The summed E-state index contributed by atoms with van der Waals surface area (Å²) >= 11 is 0. The van der Waals surface area contributed by atoms with E-state index in [0.717, 1.165) is 22.1 Å². The molecule has 1 N–H and O–H groups in total. The zero-order valence-corrected chi connectivity index (χ0v) is 18.0. The van der Waals surface area contributed by atoms with Gasteiger partial charge in [0.1, 0.15) is 11.1 Å². The summed E-state index contributed by atoms with van der Waals surface area (Å²) in [4.78, 5) is 0. The van der Waals surface area contributed by atoms with Crippen LogP contribution in [-0.2, 0) is 17.1 Å². The van der Waals surface area contributed by atoms with Crippen molar-refractivity contribution in [2.75, 3.05) is 6.61 Å². The van der Waals surface area contributed by atoms with Crippen molar-refractivity contribution in [3.05, 3.63) is 107 Å². The summed E-state index contributed by atoms with van der Waals surface area (Å²) in [5, 5.41) is 26.5. The van der Waals surface area contributed by atoms with Crippen LogP contribution in [0, 0.1) is 0 Å². The van der Waals surface area contributed by atoms with Crippen LogP contribution < -0.4 is 20.5 Å². The van der Waals surface area contributed by atoms with Gasteiger partial charge in [0, 0.05) is 5.57 Å². The first-order valence-corrected chi connectivity index (χ1v) is 9.77. The van der Waals surface area contributed by atoms with Crippen molar-refractivity contribution in [2.24, 2.45) is 0 Å². The first-order chi connectivity index (χ1) is 14.8. The van der Waals surface area contributed by atoms with E-state index in [1.165, 1.54) is 0 Å². The standard InChI is InChI=1S/C20H17N3O2.C5H5.Fe/c1-2-25-17-10-9-14-11-16(8-7-15(14)12-17)20(24)19-18(21-23-22-19)13-5-3-4-6-13;1-2-4-5-3-1;/h3-12,24H,2H2,1H3,(H,21,22);1-5H;/q;-1;+2/p-1/b20-19+;;. The van der Waals surface area contributed by atoms with Gasteiger partial charge in [-0.3, -0.25) is 5.10 Å². The number of aromatic amines is 1. The van der Waals surface area contributed by atoms with Gasteiger partial charge in [-0.1, -0.05) is 53.5 Å². The van der Waals surface area contributed by atoms with E-state index in [1.807, 2.05) is 98.0 Å². The average Bonchev–Trinajstić information content (AvgIpc) is 3.56. The third-order valence-electron chi connectivity index (χ3n) is 4.65. The number of allylic oxidation sites excluding steroid dienone is 4. The molecule has 1 aromatic heterocycles. The molecule has 1 heterocycles. The normalized spacial score (nSPS) is 12.9. The molecule has 0 saturated carbocycles. The van der Waals surface area contributed by atoms with Crippen molar-refractivity contribution in [3.63, 3.8) is 0 Å².